The zero-order valence-corrected chi connectivity index (χ0v) is 12.0. The van der Waals surface area contributed by atoms with Gasteiger partial charge in [-0.25, -0.2) is 0 Å². The molecule has 6 heteroatoms. The quantitative estimate of drug-likeness (QED) is 0.236. The van der Waals surface area contributed by atoms with Crippen LogP contribution in [-0.2, 0) is 0 Å². The molecule has 12 heavy (non-hydrogen) atoms. The van der Waals surface area contributed by atoms with Crippen LogP contribution in [0, 0.1) is 39.6 Å². The first kappa shape index (κ1) is 12.2. The summed E-state index contributed by atoms with van der Waals surface area (Å²) in [6.45, 7) is 0. The van der Waals surface area contributed by atoms with Gasteiger partial charge in [-0.2, -0.15) is 0 Å². The zero-order chi connectivity index (χ0) is 8.59. The molecule has 4 nitrogen and oxygen atoms in total. The summed E-state index contributed by atoms with van der Waals surface area (Å²) in [5.41, 5.74) is 23.5. The second kappa shape index (κ2) is 4.41. The maximum Gasteiger partial charge on any atom is 0 e. The molecule has 0 saturated carbocycles. The van der Waals surface area contributed by atoms with Crippen LogP contribution < -0.4 is 22.9 Å². The predicted octanol–water partition coefficient (Wildman–Crippen LogP) is 0.420. The second-order valence-electron chi connectivity index (χ2n) is 2.09. The van der Waals surface area contributed by atoms with Crippen molar-refractivity contribution in [3.05, 3.63) is 9.64 Å². The third-order valence-corrected chi connectivity index (χ3v) is 2.20. The number of hydrogen-bond acceptors (Lipinski definition) is 4. The summed E-state index contributed by atoms with van der Waals surface area (Å²) in [4.78, 5) is 0. The molecule has 0 saturated heterocycles. The van der Waals surface area contributed by atoms with Crippen LogP contribution in [0.1, 0.15) is 0 Å². The summed E-state index contributed by atoms with van der Waals surface area (Å²) in [5, 5.41) is 0. The molecule has 0 spiro atoms. The molecule has 1 radical (unpaired) electrons. The Morgan fingerprint density at radius 3 is 1.92 bits per heavy atom. The SMILES string of the molecule is Nc1[c-]c(I)c(N)c(N)c1N.[Np]. The minimum absolute atomic E-state index is 0. The van der Waals surface area contributed by atoms with E-state index in [0.29, 0.717) is 26.3 Å². The standard InChI is InChI=1S/C6H8IN4.Np/c7-2-1-3(8)5(10)6(11)4(2)9;/h8-11H2;/q-1;. The summed E-state index contributed by atoms with van der Waals surface area (Å²) in [7, 11) is 0. The third-order valence-electron chi connectivity index (χ3n) is 1.35. The van der Waals surface area contributed by atoms with Gasteiger partial charge in [0.25, 0.3) is 0 Å². The van der Waals surface area contributed by atoms with E-state index in [1.54, 1.807) is 0 Å². The first-order valence-electron chi connectivity index (χ1n) is 2.84. The molecule has 8 N–H and O–H groups in total. The minimum Gasteiger partial charge on any atom is -0.447 e. The molecule has 0 aliphatic heterocycles. The predicted molar refractivity (Wildman–Crippen MR) is 55.6 cm³/mol. The van der Waals surface area contributed by atoms with E-state index in [1.165, 1.54) is 0 Å². The largest absolute Gasteiger partial charge is 0.447 e. The average molecular weight is 500 g/mol. The fourth-order valence-electron chi connectivity index (χ4n) is 0.661. The van der Waals surface area contributed by atoms with E-state index in [2.05, 4.69) is 6.07 Å². The van der Waals surface area contributed by atoms with Crippen molar-refractivity contribution >= 4 is 45.3 Å². The number of nitrogens with two attached hydrogens (primary N) is 4. The van der Waals surface area contributed by atoms with Crippen molar-refractivity contribution < 1.29 is 29.9 Å². The van der Waals surface area contributed by atoms with Crippen LogP contribution in [0.5, 0.6) is 0 Å². The van der Waals surface area contributed by atoms with Gasteiger partial charge >= 0.3 is 0 Å². The van der Waals surface area contributed by atoms with Gasteiger partial charge in [0.15, 0.2) is 0 Å². The number of benzene rings is 1. The maximum absolute atomic E-state index is 5.55. The fourth-order valence-corrected chi connectivity index (χ4v) is 1.24. The van der Waals surface area contributed by atoms with Crippen molar-refractivity contribution in [2.24, 2.45) is 0 Å². The Hall–Kier alpha value is 0.163. The molecule has 0 atom stereocenters. The fraction of sp³-hybridized carbons (Fsp3) is 0. The molecule has 1 rings (SSSR count). The van der Waals surface area contributed by atoms with Gasteiger partial charge in [0, 0.05) is 29.9 Å². The number of hydrogen-bond donors (Lipinski definition) is 4. The topological polar surface area (TPSA) is 104 Å². The molecule has 0 unspecified atom stereocenters. The number of halogens is 1. The van der Waals surface area contributed by atoms with E-state index in [1.807, 2.05) is 22.6 Å². The summed E-state index contributed by atoms with van der Waals surface area (Å²) in [6.07, 6.45) is 0. The van der Waals surface area contributed by atoms with E-state index in [4.69, 9.17) is 22.9 Å². The first-order chi connectivity index (χ1) is 5.04. The van der Waals surface area contributed by atoms with Gasteiger partial charge in [-0.1, -0.05) is 31.8 Å². The summed E-state index contributed by atoms with van der Waals surface area (Å²) >= 11 is 2.00. The van der Waals surface area contributed by atoms with E-state index < -0.39 is 0 Å². The summed E-state index contributed by atoms with van der Waals surface area (Å²) in [5.74, 6) is 0. The van der Waals surface area contributed by atoms with Gasteiger partial charge in [-0.05, 0) is 17.1 Å². The van der Waals surface area contributed by atoms with E-state index in [0.717, 1.165) is 0 Å². The number of anilines is 4. The van der Waals surface area contributed by atoms with Gasteiger partial charge in [-0.3, -0.25) is 0 Å². The normalized spacial score (nSPS) is 9.08. The Bertz CT molecular complexity index is 276. The molecular weight excluding hydrogens is 492 g/mol. The molecule has 0 aromatic heterocycles. The molecule has 1 aromatic rings. The summed E-state index contributed by atoms with van der Waals surface area (Å²) < 4.78 is 0.701. The van der Waals surface area contributed by atoms with Crippen LogP contribution in [0.2, 0.25) is 0 Å². The van der Waals surface area contributed by atoms with Crippen LogP contribution in [0.3, 0.4) is 0 Å². The number of rotatable bonds is 0. The van der Waals surface area contributed by atoms with Crippen LogP contribution in [0.4, 0.5) is 22.7 Å². The molecule has 0 fully saturated rings. The van der Waals surface area contributed by atoms with Gasteiger partial charge in [0.1, 0.15) is 0 Å². The third kappa shape index (κ3) is 2.10. The molecule has 0 bridgehead atoms. The van der Waals surface area contributed by atoms with Crippen LogP contribution in [0.25, 0.3) is 0 Å². The molecule has 65 valence electrons. The van der Waals surface area contributed by atoms with Crippen LogP contribution in [-0.4, -0.2) is 0 Å². The molecule has 0 heterocycles. The van der Waals surface area contributed by atoms with Gasteiger partial charge < -0.3 is 22.9 Å². The average Bonchev–Trinajstić information content (AvgIpc) is 1.97. The number of nitrogen functional groups attached to an aromatic ring is 4. The monoisotopic (exact) mass is 499 g/mol. The van der Waals surface area contributed by atoms with Crippen molar-refractivity contribution in [3.63, 3.8) is 0 Å². The maximum atomic E-state index is 5.55. The van der Waals surface area contributed by atoms with E-state index in [9.17, 15) is 0 Å². The van der Waals surface area contributed by atoms with Crippen molar-refractivity contribution in [1.82, 2.24) is 0 Å². The van der Waals surface area contributed by atoms with Crippen LogP contribution in [0.15, 0.2) is 0 Å². The molecule has 1 aromatic carbocycles. The van der Waals surface area contributed by atoms with E-state index in [-0.39, 0.29) is 29.9 Å². The Kier molecular flexibility index (Phi) is 4.47. The van der Waals surface area contributed by atoms with Crippen LogP contribution >= 0.6 is 22.6 Å². The first-order valence-corrected chi connectivity index (χ1v) is 3.92. The van der Waals surface area contributed by atoms with Gasteiger partial charge in [0.05, 0.1) is 0 Å². The molecule has 0 amide bonds. The Morgan fingerprint density at radius 1 is 0.917 bits per heavy atom. The van der Waals surface area contributed by atoms with Gasteiger partial charge in [-0.15, -0.1) is 6.07 Å². The molecule has 0 aliphatic carbocycles. The van der Waals surface area contributed by atoms with E-state index >= 15 is 0 Å². The van der Waals surface area contributed by atoms with Gasteiger partial charge in [0.2, 0.25) is 0 Å². The summed E-state index contributed by atoms with van der Waals surface area (Å²) in [6, 6.07) is 2.78. The minimum atomic E-state index is 0. The van der Waals surface area contributed by atoms with Crippen molar-refractivity contribution in [2.75, 3.05) is 22.9 Å². The van der Waals surface area contributed by atoms with Crippen molar-refractivity contribution in [1.29, 1.82) is 0 Å². The molecular formula is C6H8IN4Np-. The smallest absolute Gasteiger partial charge is 0 e. The van der Waals surface area contributed by atoms with Crippen molar-refractivity contribution in [2.45, 2.75) is 0 Å². The Morgan fingerprint density at radius 2 is 1.42 bits per heavy atom. The van der Waals surface area contributed by atoms with Crippen molar-refractivity contribution in [3.8, 4) is 0 Å². The Balaban J connectivity index is 0.00000121. The zero-order valence-electron chi connectivity index (χ0n) is 6.13. The second-order valence-corrected chi connectivity index (χ2v) is 3.17. The Labute approximate surface area is 107 Å². The molecule has 0 aliphatic rings.